The Morgan fingerprint density at radius 2 is 2.00 bits per heavy atom. The van der Waals surface area contributed by atoms with E-state index in [1.54, 1.807) is 4.90 Å². The van der Waals surface area contributed by atoms with Crippen molar-refractivity contribution in [2.75, 3.05) is 41.8 Å². The number of urea groups is 1. The summed E-state index contributed by atoms with van der Waals surface area (Å²) in [6, 6.07) is 14.8. The molecule has 6 heteroatoms. The third-order valence-electron chi connectivity index (χ3n) is 4.69. The van der Waals surface area contributed by atoms with Gasteiger partial charge in [0.1, 0.15) is 0 Å². The largest absolute Gasteiger partial charge is 0.375 e. The summed E-state index contributed by atoms with van der Waals surface area (Å²) in [5.74, 6) is -0.166. The number of unbranched alkanes of at least 4 members (excludes halogenated alkanes) is 1. The monoisotopic (exact) mass is 366 g/mol. The van der Waals surface area contributed by atoms with Crippen molar-refractivity contribution in [3.63, 3.8) is 0 Å². The second kappa shape index (κ2) is 8.58. The van der Waals surface area contributed by atoms with Crippen LogP contribution in [0.15, 0.2) is 48.5 Å². The highest BCUT2D eigenvalue weighted by molar-refractivity contribution is 6.05. The molecule has 2 aromatic carbocycles. The summed E-state index contributed by atoms with van der Waals surface area (Å²) in [5, 5.41) is 5.69. The molecule has 1 saturated heterocycles. The summed E-state index contributed by atoms with van der Waals surface area (Å²) in [6.07, 6.45) is 2.30. The molecule has 0 aliphatic carbocycles. The van der Waals surface area contributed by atoms with Crippen LogP contribution in [0.2, 0.25) is 0 Å². The van der Waals surface area contributed by atoms with E-state index in [0.717, 1.165) is 30.8 Å². The van der Waals surface area contributed by atoms with Crippen LogP contribution >= 0.6 is 0 Å². The zero-order chi connectivity index (χ0) is 19.2. The molecule has 2 aromatic rings. The predicted molar refractivity (Wildman–Crippen MR) is 110 cm³/mol. The zero-order valence-corrected chi connectivity index (χ0v) is 15.9. The Hall–Kier alpha value is -3.02. The number of nitrogens with one attached hydrogen (secondary N) is 2. The van der Waals surface area contributed by atoms with Gasteiger partial charge in [-0.2, -0.15) is 0 Å². The molecule has 142 valence electrons. The molecule has 3 amide bonds. The van der Waals surface area contributed by atoms with Gasteiger partial charge in [-0.05, 0) is 48.9 Å². The molecule has 0 unspecified atom stereocenters. The number of carbonyl (C=O) groups is 2. The van der Waals surface area contributed by atoms with Gasteiger partial charge in [0.15, 0.2) is 0 Å². The molecule has 1 fully saturated rings. The Morgan fingerprint density at radius 3 is 2.67 bits per heavy atom. The third-order valence-corrected chi connectivity index (χ3v) is 4.69. The van der Waals surface area contributed by atoms with E-state index in [-0.39, 0.29) is 11.9 Å². The average Bonchev–Trinajstić information content (AvgIpc) is 3.12. The van der Waals surface area contributed by atoms with Gasteiger partial charge in [0.05, 0.1) is 0 Å². The van der Waals surface area contributed by atoms with Crippen molar-refractivity contribution in [1.82, 2.24) is 5.32 Å². The number of hydrogen-bond acceptors (Lipinski definition) is 3. The lowest BCUT2D eigenvalue weighted by Crippen LogP contribution is -2.27. The van der Waals surface area contributed by atoms with Gasteiger partial charge in [-0.15, -0.1) is 0 Å². The zero-order valence-electron chi connectivity index (χ0n) is 15.9. The van der Waals surface area contributed by atoms with Crippen LogP contribution in [-0.2, 0) is 0 Å². The van der Waals surface area contributed by atoms with Gasteiger partial charge >= 0.3 is 6.03 Å². The summed E-state index contributed by atoms with van der Waals surface area (Å²) in [6.45, 7) is 4.43. The van der Waals surface area contributed by atoms with Gasteiger partial charge in [-0.25, -0.2) is 4.79 Å². The molecule has 0 spiro atoms. The van der Waals surface area contributed by atoms with Crippen molar-refractivity contribution in [3.8, 4) is 0 Å². The van der Waals surface area contributed by atoms with Crippen molar-refractivity contribution in [2.24, 2.45) is 0 Å². The van der Waals surface area contributed by atoms with Gasteiger partial charge in [-0.1, -0.05) is 19.4 Å². The maximum absolute atomic E-state index is 12.5. The van der Waals surface area contributed by atoms with Gasteiger partial charge in [0, 0.05) is 49.3 Å². The molecule has 3 rings (SSSR count). The minimum Gasteiger partial charge on any atom is -0.375 e. The van der Waals surface area contributed by atoms with E-state index in [0.29, 0.717) is 24.3 Å². The summed E-state index contributed by atoms with van der Waals surface area (Å²) in [4.78, 5) is 28.2. The van der Waals surface area contributed by atoms with E-state index in [4.69, 9.17) is 0 Å². The SMILES string of the molecule is CCCCN(C)c1ccc(C(=O)Nc2cccc(N3CCNC3=O)c2)cc1. The van der Waals surface area contributed by atoms with E-state index in [1.165, 1.54) is 0 Å². The second-order valence-corrected chi connectivity index (χ2v) is 6.71. The van der Waals surface area contributed by atoms with Gasteiger partial charge in [0.2, 0.25) is 0 Å². The number of rotatable bonds is 7. The van der Waals surface area contributed by atoms with Crippen LogP contribution in [0.5, 0.6) is 0 Å². The standard InChI is InChI=1S/C21H26N4O2/c1-3-4-13-24(2)18-10-8-16(9-11-18)20(26)23-17-6-5-7-19(15-17)25-14-12-22-21(25)27/h5-11,15H,3-4,12-14H2,1-2H3,(H,22,27)(H,23,26). The predicted octanol–water partition coefficient (Wildman–Crippen LogP) is 3.70. The minimum atomic E-state index is -0.166. The molecule has 0 aromatic heterocycles. The lowest BCUT2D eigenvalue weighted by atomic mass is 10.1. The molecular weight excluding hydrogens is 340 g/mol. The quantitative estimate of drug-likeness (QED) is 0.785. The minimum absolute atomic E-state index is 0.110. The number of hydrogen-bond donors (Lipinski definition) is 2. The smallest absolute Gasteiger partial charge is 0.321 e. The second-order valence-electron chi connectivity index (χ2n) is 6.71. The Morgan fingerprint density at radius 1 is 1.22 bits per heavy atom. The van der Waals surface area contributed by atoms with Gasteiger partial charge in [-0.3, -0.25) is 9.69 Å². The maximum Gasteiger partial charge on any atom is 0.321 e. The van der Waals surface area contributed by atoms with Gasteiger partial charge in [0.25, 0.3) is 5.91 Å². The first-order valence-corrected chi connectivity index (χ1v) is 9.36. The Balaban J connectivity index is 1.66. The lowest BCUT2D eigenvalue weighted by Gasteiger charge is -2.19. The van der Waals surface area contributed by atoms with E-state index in [2.05, 4.69) is 29.5 Å². The van der Waals surface area contributed by atoms with Gasteiger partial charge < -0.3 is 15.5 Å². The van der Waals surface area contributed by atoms with Crippen molar-refractivity contribution >= 4 is 29.0 Å². The van der Waals surface area contributed by atoms with Crippen LogP contribution in [0.25, 0.3) is 0 Å². The summed E-state index contributed by atoms with van der Waals surface area (Å²) in [5.41, 5.74) is 3.14. The summed E-state index contributed by atoms with van der Waals surface area (Å²) in [7, 11) is 2.06. The summed E-state index contributed by atoms with van der Waals surface area (Å²) >= 11 is 0. The first kappa shape index (κ1) is 18.8. The molecule has 1 heterocycles. The van der Waals surface area contributed by atoms with E-state index >= 15 is 0 Å². The first-order chi connectivity index (χ1) is 13.1. The van der Waals surface area contributed by atoms with E-state index < -0.39 is 0 Å². The highest BCUT2D eigenvalue weighted by Crippen LogP contribution is 2.22. The van der Waals surface area contributed by atoms with Crippen LogP contribution in [0.3, 0.4) is 0 Å². The van der Waals surface area contributed by atoms with Crippen LogP contribution in [0, 0.1) is 0 Å². The molecule has 0 bridgehead atoms. The van der Waals surface area contributed by atoms with Crippen molar-refractivity contribution in [3.05, 3.63) is 54.1 Å². The Kier molecular flexibility index (Phi) is 5.96. The molecule has 2 N–H and O–H groups in total. The average molecular weight is 366 g/mol. The molecule has 27 heavy (non-hydrogen) atoms. The number of benzene rings is 2. The third kappa shape index (κ3) is 4.58. The lowest BCUT2D eigenvalue weighted by molar-refractivity contribution is 0.102. The highest BCUT2D eigenvalue weighted by atomic mass is 16.2. The summed E-state index contributed by atoms with van der Waals surface area (Å²) < 4.78 is 0. The Bertz CT molecular complexity index is 804. The molecule has 0 saturated carbocycles. The fraction of sp³-hybridized carbons (Fsp3) is 0.333. The molecule has 0 atom stereocenters. The molecule has 6 nitrogen and oxygen atoms in total. The van der Waals surface area contributed by atoms with Crippen molar-refractivity contribution < 1.29 is 9.59 Å². The molecular formula is C21H26N4O2. The van der Waals surface area contributed by atoms with Crippen LogP contribution in [0.1, 0.15) is 30.1 Å². The normalized spacial score (nSPS) is 13.4. The van der Waals surface area contributed by atoms with E-state index in [1.807, 2.05) is 48.5 Å². The first-order valence-electron chi connectivity index (χ1n) is 9.36. The van der Waals surface area contributed by atoms with Crippen LogP contribution in [-0.4, -0.2) is 38.6 Å². The number of nitrogens with zero attached hydrogens (tertiary/aromatic N) is 2. The highest BCUT2D eigenvalue weighted by Gasteiger charge is 2.21. The fourth-order valence-electron chi connectivity index (χ4n) is 3.06. The topological polar surface area (TPSA) is 64.7 Å². The van der Waals surface area contributed by atoms with Crippen LogP contribution in [0.4, 0.5) is 21.9 Å². The van der Waals surface area contributed by atoms with Crippen LogP contribution < -0.4 is 20.4 Å². The van der Waals surface area contributed by atoms with Crippen molar-refractivity contribution in [1.29, 1.82) is 0 Å². The number of anilines is 3. The van der Waals surface area contributed by atoms with Crippen molar-refractivity contribution in [2.45, 2.75) is 19.8 Å². The molecule has 1 aliphatic heterocycles. The van der Waals surface area contributed by atoms with E-state index in [9.17, 15) is 9.59 Å². The number of amides is 3. The Labute approximate surface area is 160 Å². The molecule has 0 radical (unpaired) electrons. The maximum atomic E-state index is 12.5. The number of carbonyl (C=O) groups excluding carboxylic acids is 2. The molecule has 1 aliphatic rings. The fourth-order valence-corrected chi connectivity index (χ4v) is 3.06.